The average Bonchev–Trinajstić information content (AvgIpc) is 3.03. The van der Waals surface area contributed by atoms with E-state index in [0.29, 0.717) is 5.89 Å². The largest absolute Gasteiger partial charge is 0.504 e. The van der Waals surface area contributed by atoms with Gasteiger partial charge in [-0.1, -0.05) is 56.7 Å². The van der Waals surface area contributed by atoms with E-state index in [0.717, 1.165) is 24.2 Å². The predicted octanol–water partition coefficient (Wildman–Crippen LogP) is 4.94. The zero-order chi connectivity index (χ0) is 17.2. The molecule has 0 bridgehead atoms. The fraction of sp³-hybridized carbons (Fsp3) is 0.474. The van der Waals surface area contributed by atoms with Crippen LogP contribution in [0.25, 0.3) is 12.2 Å². The van der Waals surface area contributed by atoms with Crippen molar-refractivity contribution in [2.24, 2.45) is 0 Å². The lowest BCUT2D eigenvalue weighted by Gasteiger charge is -1.98. The van der Waals surface area contributed by atoms with Gasteiger partial charge in [0.05, 0.1) is 0 Å². The van der Waals surface area contributed by atoms with E-state index in [9.17, 15) is 10.2 Å². The average molecular weight is 330 g/mol. The van der Waals surface area contributed by atoms with Crippen LogP contribution in [-0.2, 0) is 6.42 Å². The summed E-state index contributed by atoms with van der Waals surface area (Å²) in [5, 5.41) is 22.7. The molecule has 0 aliphatic heterocycles. The van der Waals surface area contributed by atoms with Crippen molar-refractivity contribution in [3.63, 3.8) is 0 Å². The number of hydrogen-bond acceptors (Lipinski definition) is 5. The van der Waals surface area contributed by atoms with Crippen LogP contribution < -0.4 is 0 Å². The van der Waals surface area contributed by atoms with Gasteiger partial charge in [0, 0.05) is 12.5 Å². The summed E-state index contributed by atoms with van der Waals surface area (Å²) in [6.45, 7) is 2.23. The standard InChI is InChI=1S/C19H26N2O3/c1-2-3-4-5-6-7-8-9-18-20-19(24-21-18)13-11-15-10-12-16(22)17(23)14-15/h10-14,22-23H,2-9H2,1H3/b13-11+. The first-order valence-electron chi connectivity index (χ1n) is 8.71. The molecule has 2 N–H and O–H groups in total. The van der Waals surface area contributed by atoms with Gasteiger partial charge in [0.1, 0.15) is 0 Å². The van der Waals surface area contributed by atoms with Crippen molar-refractivity contribution in [3.8, 4) is 11.5 Å². The van der Waals surface area contributed by atoms with E-state index in [4.69, 9.17) is 4.52 Å². The van der Waals surface area contributed by atoms with E-state index in [1.54, 1.807) is 18.2 Å². The number of phenolic OH excluding ortho intramolecular Hbond substituents is 2. The highest BCUT2D eigenvalue weighted by Crippen LogP contribution is 2.25. The van der Waals surface area contributed by atoms with Crippen LogP contribution in [0, 0.1) is 0 Å². The molecule has 0 saturated heterocycles. The fourth-order valence-corrected chi connectivity index (χ4v) is 2.49. The molecular weight excluding hydrogens is 304 g/mol. The first kappa shape index (κ1) is 18.0. The molecule has 0 radical (unpaired) electrons. The first-order chi connectivity index (χ1) is 11.7. The summed E-state index contributed by atoms with van der Waals surface area (Å²) in [4.78, 5) is 4.34. The Balaban J connectivity index is 1.74. The summed E-state index contributed by atoms with van der Waals surface area (Å²) < 4.78 is 5.19. The molecule has 1 aromatic heterocycles. The van der Waals surface area contributed by atoms with Gasteiger partial charge in [-0.15, -0.1) is 0 Å². The van der Waals surface area contributed by atoms with Crippen molar-refractivity contribution in [2.45, 2.75) is 58.3 Å². The maximum absolute atomic E-state index is 9.45. The maximum atomic E-state index is 9.45. The van der Waals surface area contributed by atoms with Crippen LogP contribution in [0.4, 0.5) is 0 Å². The Labute approximate surface area is 143 Å². The smallest absolute Gasteiger partial charge is 0.250 e. The Morgan fingerprint density at radius 1 is 0.958 bits per heavy atom. The van der Waals surface area contributed by atoms with Gasteiger partial charge in [-0.2, -0.15) is 4.98 Å². The SMILES string of the molecule is CCCCCCCCCc1noc(/C=C/c2ccc(O)c(O)c2)n1. The van der Waals surface area contributed by atoms with Crippen molar-refractivity contribution >= 4 is 12.2 Å². The number of benzene rings is 1. The number of rotatable bonds is 10. The molecular formula is C19H26N2O3. The Bertz CT molecular complexity index is 650. The molecule has 2 aromatic rings. The molecule has 5 heteroatoms. The van der Waals surface area contributed by atoms with Crippen LogP contribution in [0.15, 0.2) is 22.7 Å². The summed E-state index contributed by atoms with van der Waals surface area (Å²) in [7, 11) is 0. The summed E-state index contributed by atoms with van der Waals surface area (Å²) in [5.41, 5.74) is 0.747. The predicted molar refractivity (Wildman–Crippen MR) is 94.7 cm³/mol. The summed E-state index contributed by atoms with van der Waals surface area (Å²) >= 11 is 0. The van der Waals surface area contributed by atoms with Gasteiger partial charge in [-0.05, 0) is 30.2 Å². The second kappa shape index (κ2) is 9.75. The van der Waals surface area contributed by atoms with Crippen LogP contribution in [0.2, 0.25) is 0 Å². The zero-order valence-electron chi connectivity index (χ0n) is 14.2. The van der Waals surface area contributed by atoms with Crippen molar-refractivity contribution in [1.82, 2.24) is 10.1 Å². The van der Waals surface area contributed by atoms with E-state index in [2.05, 4.69) is 17.1 Å². The molecule has 130 valence electrons. The van der Waals surface area contributed by atoms with Crippen LogP contribution in [0.5, 0.6) is 11.5 Å². The lowest BCUT2D eigenvalue weighted by atomic mass is 10.1. The molecule has 0 amide bonds. The second-order valence-electron chi connectivity index (χ2n) is 6.00. The number of aromatic hydroxyl groups is 2. The summed E-state index contributed by atoms with van der Waals surface area (Å²) in [5.74, 6) is 0.890. The molecule has 0 aliphatic rings. The molecule has 0 saturated carbocycles. The van der Waals surface area contributed by atoms with Crippen LogP contribution in [0.1, 0.15) is 69.1 Å². The molecule has 2 rings (SSSR count). The second-order valence-corrected chi connectivity index (χ2v) is 6.00. The molecule has 0 unspecified atom stereocenters. The van der Waals surface area contributed by atoms with Crippen molar-refractivity contribution in [3.05, 3.63) is 35.5 Å². The minimum atomic E-state index is -0.151. The topological polar surface area (TPSA) is 79.4 Å². The van der Waals surface area contributed by atoms with Gasteiger partial charge in [-0.25, -0.2) is 0 Å². The molecule has 5 nitrogen and oxygen atoms in total. The number of nitrogens with zero attached hydrogens (tertiary/aromatic N) is 2. The summed E-state index contributed by atoms with van der Waals surface area (Å²) in [6.07, 6.45) is 13.1. The molecule has 0 fully saturated rings. The van der Waals surface area contributed by atoms with Gasteiger partial charge in [-0.3, -0.25) is 0 Å². The van der Waals surface area contributed by atoms with Gasteiger partial charge < -0.3 is 14.7 Å². The molecule has 1 aromatic carbocycles. The number of phenols is 2. The highest BCUT2D eigenvalue weighted by atomic mass is 16.5. The van der Waals surface area contributed by atoms with Gasteiger partial charge in [0.15, 0.2) is 17.3 Å². The highest BCUT2D eigenvalue weighted by molar-refractivity contribution is 5.67. The third-order valence-corrected chi connectivity index (χ3v) is 3.91. The monoisotopic (exact) mass is 330 g/mol. The Kier molecular flexibility index (Phi) is 7.33. The van der Waals surface area contributed by atoms with E-state index in [-0.39, 0.29) is 11.5 Å². The normalized spacial score (nSPS) is 11.4. The van der Waals surface area contributed by atoms with Crippen molar-refractivity contribution < 1.29 is 14.7 Å². The van der Waals surface area contributed by atoms with Gasteiger partial charge >= 0.3 is 0 Å². The quantitative estimate of drug-likeness (QED) is 0.476. The molecule has 0 aliphatic carbocycles. The molecule has 24 heavy (non-hydrogen) atoms. The Hall–Kier alpha value is -2.30. The lowest BCUT2D eigenvalue weighted by molar-refractivity contribution is 0.402. The zero-order valence-corrected chi connectivity index (χ0v) is 14.2. The number of unbranched alkanes of at least 4 members (excludes halogenated alkanes) is 6. The minimum Gasteiger partial charge on any atom is -0.504 e. The molecule has 1 heterocycles. The molecule has 0 atom stereocenters. The van der Waals surface area contributed by atoms with Crippen LogP contribution in [-0.4, -0.2) is 20.4 Å². The third-order valence-electron chi connectivity index (χ3n) is 3.91. The van der Waals surface area contributed by atoms with E-state index < -0.39 is 0 Å². The maximum Gasteiger partial charge on any atom is 0.250 e. The van der Waals surface area contributed by atoms with E-state index in [1.165, 1.54) is 50.7 Å². The third kappa shape index (κ3) is 6.07. The number of aryl methyl sites for hydroxylation is 1. The Morgan fingerprint density at radius 3 is 2.46 bits per heavy atom. The number of hydrogen-bond donors (Lipinski definition) is 2. The van der Waals surface area contributed by atoms with Gasteiger partial charge in [0.25, 0.3) is 5.89 Å². The lowest BCUT2D eigenvalue weighted by Crippen LogP contribution is -1.89. The van der Waals surface area contributed by atoms with E-state index in [1.807, 2.05) is 0 Å². The molecule has 0 spiro atoms. The van der Waals surface area contributed by atoms with Crippen molar-refractivity contribution in [1.29, 1.82) is 0 Å². The van der Waals surface area contributed by atoms with Crippen LogP contribution in [0.3, 0.4) is 0 Å². The van der Waals surface area contributed by atoms with Crippen molar-refractivity contribution in [2.75, 3.05) is 0 Å². The fourth-order valence-electron chi connectivity index (χ4n) is 2.49. The minimum absolute atomic E-state index is 0.137. The van der Waals surface area contributed by atoms with Crippen LogP contribution >= 0.6 is 0 Å². The van der Waals surface area contributed by atoms with E-state index >= 15 is 0 Å². The Morgan fingerprint density at radius 2 is 1.71 bits per heavy atom. The number of aromatic nitrogens is 2. The summed E-state index contributed by atoms with van der Waals surface area (Å²) in [6, 6.07) is 4.61. The first-order valence-corrected chi connectivity index (χ1v) is 8.71. The van der Waals surface area contributed by atoms with Gasteiger partial charge in [0.2, 0.25) is 0 Å². The highest BCUT2D eigenvalue weighted by Gasteiger charge is 2.04.